The minimum atomic E-state index is 0. The molecule has 0 bridgehead atoms. The second-order valence-electron chi connectivity index (χ2n) is 5.94. The number of nitrogens with zero attached hydrogens (tertiary/aromatic N) is 3. The first-order valence-electron chi connectivity index (χ1n) is 8.19. The Morgan fingerprint density at radius 2 is 1.96 bits per heavy atom. The predicted octanol–water partition coefficient (Wildman–Crippen LogP) is 3.92. The third-order valence-corrected chi connectivity index (χ3v) is 5.53. The van der Waals surface area contributed by atoms with E-state index in [9.17, 15) is 10.5 Å². The smallest absolute Gasteiger partial charge is 0.101 e. The summed E-state index contributed by atoms with van der Waals surface area (Å²) in [6.07, 6.45) is 3.68. The van der Waals surface area contributed by atoms with Crippen molar-refractivity contribution in [2.24, 2.45) is 5.92 Å². The number of thiophene rings is 1. The van der Waals surface area contributed by atoms with Gasteiger partial charge in [0, 0.05) is 57.3 Å². The van der Waals surface area contributed by atoms with Gasteiger partial charge < -0.3 is 15.6 Å². The Morgan fingerprint density at radius 1 is 1.32 bits per heavy atom. The number of nitriles is 1. The fourth-order valence-electron chi connectivity index (χ4n) is 2.76. The van der Waals surface area contributed by atoms with E-state index in [1.165, 1.54) is 16.4 Å². The topological polar surface area (TPSA) is 81.6 Å². The number of aliphatic hydroxyl groups is 1. The van der Waals surface area contributed by atoms with Crippen LogP contribution in [0.25, 0.3) is 10.9 Å². The van der Waals surface area contributed by atoms with Crippen LogP contribution in [-0.4, -0.2) is 48.2 Å². The minimum absolute atomic E-state index is 0. The van der Waals surface area contributed by atoms with Crippen molar-refractivity contribution in [1.29, 1.82) is 5.26 Å². The van der Waals surface area contributed by atoms with Crippen molar-refractivity contribution in [1.82, 2.24) is 5.06 Å². The van der Waals surface area contributed by atoms with E-state index >= 15 is 0 Å². The van der Waals surface area contributed by atoms with E-state index in [0.717, 1.165) is 54.8 Å². The first kappa shape index (κ1) is 23.2. The molecule has 0 atom stereocenters. The molecule has 1 aromatic rings. The molecule has 3 heterocycles. The molecule has 2 N–H and O–H groups in total. The van der Waals surface area contributed by atoms with Crippen LogP contribution in [0.15, 0.2) is 17.7 Å². The molecule has 2 fully saturated rings. The van der Waals surface area contributed by atoms with Gasteiger partial charge in [0.2, 0.25) is 0 Å². The van der Waals surface area contributed by atoms with Crippen molar-refractivity contribution in [3.63, 3.8) is 0 Å². The molecule has 2 aliphatic rings. The molecular weight excluding hydrogens is 435 g/mol. The Hall–Kier alpha value is 0.164. The Labute approximate surface area is 183 Å². The van der Waals surface area contributed by atoms with Crippen molar-refractivity contribution >= 4 is 28.5 Å². The van der Waals surface area contributed by atoms with Gasteiger partial charge >= 0.3 is 0 Å². The van der Waals surface area contributed by atoms with Crippen molar-refractivity contribution in [3.05, 3.63) is 32.2 Å². The van der Waals surface area contributed by atoms with Gasteiger partial charge in [-0.25, -0.2) is 0 Å². The number of hydroxylamine groups is 2. The molecule has 0 aromatic carbocycles. The van der Waals surface area contributed by atoms with E-state index in [0.29, 0.717) is 30.0 Å². The third-order valence-electron chi connectivity index (χ3n) is 4.28. The van der Waals surface area contributed by atoms with E-state index in [-0.39, 0.29) is 32.7 Å². The summed E-state index contributed by atoms with van der Waals surface area (Å²) in [7, 11) is 0. The number of halogens is 1. The van der Waals surface area contributed by atoms with E-state index in [2.05, 4.69) is 11.4 Å². The average molecular weight is 458 g/mol. The average Bonchev–Trinajstić information content (AvgIpc) is 3.04. The van der Waals surface area contributed by atoms with Crippen LogP contribution in [-0.2, 0) is 32.7 Å². The molecular formula is C17H23ClN3O2SY-. The SMILES string of the molecule is N#CC(=C1CCN(O)CC1)c1ccc(Cl)s1.OCC1CC[N-]CC1.[Y]. The second-order valence-corrected chi connectivity index (χ2v) is 7.66. The molecule has 0 unspecified atom stereocenters. The Balaban J connectivity index is 0.000000295. The summed E-state index contributed by atoms with van der Waals surface area (Å²) in [5.41, 5.74) is 1.84. The number of rotatable bonds is 2. The summed E-state index contributed by atoms with van der Waals surface area (Å²) in [6, 6.07) is 5.93. The number of piperidine rings is 2. The second kappa shape index (κ2) is 12.5. The zero-order chi connectivity index (χ0) is 17.4. The van der Waals surface area contributed by atoms with Gasteiger partial charge in [0.1, 0.15) is 6.07 Å². The van der Waals surface area contributed by atoms with Crippen LogP contribution in [0.1, 0.15) is 30.6 Å². The molecule has 8 heteroatoms. The first-order chi connectivity index (χ1) is 11.6. The van der Waals surface area contributed by atoms with Gasteiger partial charge in [-0.15, -0.1) is 24.4 Å². The van der Waals surface area contributed by atoms with E-state index in [1.54, 1.807) is 6.07 Å². The van der Waals surface area contributed by atoms with Crippen LogP contribution < -0.4 is 0 Å². The van der Waals surface area contributed by atoms with Crippen LogP contribution in [0, 0.1) is 17.2 Å². The maximum Gasteiger partial charge on any atom is 0.101 e. The van der Waals surface area contributed by atoms with Crippen LogP contribution in [0.3, 0.4) is 0 Å². The molecule has 5 nitrogen and oxygen atoms in total. The van der Waals surface area contributed by atoms with E-state index in [1.807, 2.05) is 6.07 Å². The molecule has 25 heavy (non-hydrogen) atoms. The predicted molar refractivity (Wildman–Crippen MR) is 97.4 cm³/mol. The van der Waals surface area contributed by atoms with Crippen LogP contribution in [0.4, 0.5) is 0 Å². The van der Waals surface area contributed by atoms with Crippen molar-refractivity contribution in [2.45, 2.75) is 25.7 Å². The van der Waals surface area contributed by atoms with Gasteiger partial charge in [-0.2, -0.15) is 10.3 Å². The first-order valence-corrected chi connectivity index (χ1v) is 9.39. The summed E-state index contributed by atoms with van der Waals surface area (Å²) in [4.78, 5) is 0.925. The molecule has 0 amide bonds. The summed E-state index contributed by atoms with van der Waals surface area (Å²) >= 11 is 7.29. The number of aliphatic hydroxyl groups excluding tert-OH is 1. The Bertz CT molecular complexity index is 587. The molecule has 3 rings (SSSR count). The molecule has 135 valence electrons. The summed E-state index contributed by atoms with van der Waals surface area (Å²) in [6.45, 7) is 3.48. The molecule has 2 saturated heterocycles. The third kappa shape index (κ3) is 7.74. The molecule has 0 aliphatic carbocycles. The largest absolute Gasteiger partial charge is 0.662 e. The summed E-state index contributed by atoms with van der Waals surface area (Å²) < 4.78 is 0.697. The maximum atomic E-state index is 9.27. The Morgan fingerprint density at radius 3 is 2.40 bits per heavy atom. The standard InChI is InChI=1S/C11H11ClN2OS.C6H12NO.Y/c12-11-2-1-10(16-11)9(7-13)8-3-5-14(15)6-4-8;8-5-6-1-3-7-4-2-6;/h1-2,15H,3-6H2;6,8H,1-5H2;/q;-1;. The van der Waals surface area contributed by atoms with Gasteiger partial charge in [0.05, 0.1) is 9.91 Å². The monoisotopic (exact) mass is 457 g/mol. The normalized spacial score (nSPS) is 18.6. The quantitative estimate of drug-likeness (QED) is 0.659. The van der Waals surface area contributed by atoms with Crippen molar-refractivity contribution in [2.75, 3.05) is 32.8 Å². The van der Waals surface area contributed by atoms with Gasteiger partial charge in [-0.3, -0.25) is 0 Å². The van der Waals surface area contributed by atoms with Gasteiger partial charge in [0.25, 0.3) is 0 Å². The van der Waals surface area contributed by atoms with E-state index in [4.69, 9.17) is 16.7 Å². The summed E-state index contributed by atoms with van der Waals surface area (Å²) in [5, 5.41) is 32.6. The van der Waals surface area contributed by atoms with Gasteiger partial charge in [0.15, 0.2) is 0 Å². The zero-order valence-electron chi connectivity index (χ0n) is 14.2. The maximum absolute atomic E-state index is 9.27. The zero-order valence-corrected chi connectivity index (χ0v) is 18.6. The summed E-state index contributed by atoms with van der Waals surface area (Å²) in [5.74, 6) is 0.549. The van der Waals surface area contributed by atoms with Crippen LogP contribution >= 0.6 is 22.9 Å². The molecule has 2 aliphatic heterocycles. The number of hydrogen-bond donors (Lipinski definition) is 2. The molecule has 0 spiro atoms. The van der Waals surface area contributed by atoms with E-state index < -0.39 is 0 Å². The van der Waals surface area contributed by atoms with Gasteiger partial charge in [-0.1, -0.05) is 24.4 Å². The number of hydrogen-bond acceptors (Lipinski definition) is 5. The fraction of sp³-hybridized carbons (Fsp3) is 0.588. The van der Waals surface area contributed by atoms with Crippen molar-refractivity contribution in [3.8, 4) is 6.07 Å². The molecule has 1 aromatic heterocycles. The van der Waals surface area contributed by atoms with Gasteiger partial charge in [-0.05, 0) is 36.5 Å². The van der Waals surface area contributed by atoms with Crippen LogP contribution in [0.2, 0.25) is 4.34 Å². The van der Waals surface area contributed by atoms with Crippen molar-refractivity contribution < 1.29 is 43.0 Å². The number of allylic oxidation sites excluding steroid dienone is 1. The Kier molecular flexibility index (Phi) is 11.6. The van der Waals surface area contributed by atoms with Crippen LogP contribution in [0.5, 0.6) is 0 Å². The molecule has 1 radical (unpaired) electrons. The molecule has 0 saturated carbocycles. The minimum Gasteiger partial charge on any atom is -0.662 e. The fourth-order valence-corrected chi connectivity index (χ4v) is 3.84.